The molecule has 0 aliphatic heterocycles. The van der Waals surface area contributed by atoms with Crippen LogP contribution in [0.2, 0.25) is 0 Å². The summed E-state index contributed by atoms with van der Waals surface area (Å²) in [6.45, 7) is 0. The fraction of sp³-hybridized carbons (Fsp3) is 0.0556. The zero-order valence-corrected chi connectivity index (χ0v) is 13.4. The molecule has 0 bridgehead atoms. The summed E-state index contributed by atoms with van der Waals surface area (Å²) >= 11 is 0. The van der Waals surface area contributed by atoms with Crippen LogP contribution in [-0.4, -0.2) is 23.4 Å². The summed E-state index contributed by atoms with van der Waals surface area (Å²) in [5.74, 6) is 0.800. The summed E-state index contributed by atoms with van der Waals surface area (Å²) in [6.07, 6.45) is -0.626. The van der Waals surface area contributed by atoms with E-state index in [0.717, 1.165) is 5.56 Å². The van der Waals surface area contributed by atoms with Crippen LogP contribution in [0.1, 0.15) is 0 Å². The molecule has 0 saturated carbocycles. The Kier molecular flexibility index (Phi) is 4.75. The minimum atomic E-state index is -0.626. The van der Waals surface area contributed by atoms with E-state index in [1.807, 2.05) is 0 Å². The van der Waals surface area contributed by atoms with E-state index in [-0.39, 0.29) is 5.56 Å². The summed E-state index contributed by atoms with van der Waals surface area (Å²) < 4.78 is 10.4. The lowest BCUT2D eigenvalue weighted by Crippen LogP contribution is -2.17. The molecule has 0 aliphatic rings. The van der Waals surface area contributed by atoms with E-state index in [1.165, 1.54) is 13.2 Å². The first kappa shape index (κ1) is 16.3. The summed E-state index contributed by atoms with van der Waals surface area (Å²) in [7, 11) is 1.50. The van der Waals surface area contributed by atoms with Gasteiger partial charge in [-0.1, -0.05) is 24.3 Å². The zero-order chi connectivity index (χ0) is 17.6. The van der Waals surface area contributed by atoms with E-state index in [0.29, 0.717) is 22.9 Å². The van der Waals surface area contributed by atoms with Gasteiger partial charge in [-0.3, -0.25) is 10.1 Å². The highest BCUT2D eigenvalue weighted by Gasteiger charge is 2.09. The highest BCUT2D eigenvalue weighted by atomic mass is 16.6. The molecule has 0 unspecified atom stereocenters. The molecule has 7 nitrogen and oxygen atoms in total. The third-order valence-electron chi connectivity index (χ3n) is 3.38. The van der Waals surface area contributed by atoms with E-state index in [4.69, 9.17) is 9.47 Å². The third kappa shape index (κ3) is 4.03. The number of para-hydroxylation sites is 2. The van der Waals surface area contributed by atoms with Crippen molar-refractivity contribution in [3.63, 3.8) is 0 Å². The molecule has 0 radical (unpaired) electrons. The molecule has 0 aliphatic carbocycles. The van der Waals surface area contributed by atoms with Gasteiger partial charge in [0.05, 0.1) is 12.8 Å². The molecule has 0 fully saturated rings. The van der Waals surface area contributed by atoms with Gasteiger partial charge in [0, 0.05) is 17.3 Å². The van der Waals surface area contributed by atoms with Gasteiger partial charge in [0.1, 0.15) is 0 Å². The van der Waals surface area contributed by atoms with Crippen molar-refractivity contribution in [1.29, 1.82) is 0 Å². The topological polar surface area (TPSA) is 93.3 Å². The number of aromatic amines is 1. The minimum Gasteiger partial charge on any atom is -0.493 e. The number of nitrogens with zero attached hydrogens (tertiary/aromatic N) is 1. The maximum atomic E-state index is 12.0. The van der Waals surface area contributed by atoms with Crippen molar-refractivity contribution < 1.29 is 14.3 Å². The molecule has 1 heterocycles. The van der Waals surface area contributed by atoms with Crippen LogP contribution in [0.3, 0.4) is 0 Å². The van der Waals surface area contributed by atoms with Crippen molar-refractivity contribution in [2.45, 2.75) is 0 Å². The second-order valence-electron chi connectivity index (χ2n) is 5.05. The van der Waals surface area contributed by atoms with Crippen LogP contribution < -0.4 is 20.3 Å². The number of anilines is 1. The van der Waals surface area contributed by atoms with Gasteiger partial charge < -0.3 is 9.47 Å². The molecule has 0 saturated heterocycles. The maximum absolute atomic E-state index is 12.0. The Morgan fingerprint density at radius 3 is 2.36 bits per heavy atom. The molecule has 3 aromatic rings. The van der Waals surface area contributed by atoms with Gasteiger partial charge in [-0.15, -0.1) is 0 Å². The predicted molar refractivity (Wildman–Crippen MR) is 92.9 cm³/mol. The molecule has 25 heavy (non-hydrogen) atoms. The molecule has 1 amide bonds. The van der Waals surface area contributed by atoms with Crippen molar-refractivity contribution in [2.24, 2.45) is 0 Å². The van der Waals surface area contributed by atoms with E-state index in [2.05, 4.69) is 15.5 Å². The number of nitrogens with one attached hydrogen (secondary N) is 2. The first-order valence-electron chi connectivity index (χ1n) is 7.44. The van der Waals surface area contributed by atoms with Crippen molar-refractivity contribution in [3.8, 4) is 22.8 Å². The van der Waals surface area contributed by atoms with Gasteiger partial charge in [0.2, 0.25) is 0 Å². The van der Waals surface area contributed by atoms with E-state index in [1.54, 1.807) is 54.6 Å². The highest BCUT2D eigenvalue weighted by molar-refractivity contribution is 5.87. The summed E-state index contributed by atoms with van der Waals surface area (Å²) in [5, 5.41) is 8.96. The smallest absolute Gasteiger partial charge is 0.417 e. The number of rotatable bonds is 4. The largest absolute Gasteiger partial charge is 0.493 e. The molecule has 0 spiro atoms. The van der Waals surface area contributed by atoms with Crippen molar-refractivity contribution in [1.82, 2.24) is 10.2 Å². The Labute approximate surface area is 143 Å². The standard InChI is InChI=1S/C18H15N3O4/c1-24-15-4-2-3-5-16(15)25-18(23)19-13-8-6-12(7-9-13)14-10-11-17(22)21-20-14/h2-11H,1H3,(H,19,23)(H,21,22). The molecule has 0 atom stereocenters. The number of aromatic nitrogens is 2. The number of amides is 1. The van der Waals surface area contributed by atoms with Crippen molar-refractivity contribution >= 4 is 11.8 Å². The quantitative estimate of drug-likeness (QED) is 0.763. The van der Waals surface area contributed by atoms with Gasteiger partial charge in [0.25, 0.3) is 5.56 Å². The lowest BCUT2D eigenvalue weighted by Gasteiger charge is -2.10. The molecule has 3 rings (SSSR count). The predicted octanol–water partition coefficient (Wildman–Crippen LogP) is 3.06. The highest BCUT2D eigenvalue weighted by Crippen LogP contribution is 2.26. The van der Waals surface area contributed by atoms with Crippen LogP contribution in [-0.2, 0) is 0 Å². The van der Waals surface area contributed by atoms with Crippen LogP contribution in [0.5, 0.6) is 11.5 Å². The minimum absolute atomic E-state index is 0.263. The van der Waals surface area contributed by atoms with Crippen molar-refractivity contribution in [3.05, 3.63) is 71.0 Å². The number of carbonyl (C=O) groups excluding carboxylic acids is 1. The molecule has 2 N–H and O–H groups in total. The first-order valence-corrected chi connectivity index (χ1v) is 7.44. The third-order valence-corrected chi connectivity index (χ3v) is 3.38. The summed E-state index contributed by atoms with van der Waals surface area (Å²) in [6, 6.07) is 16.9. The van der Waals surface area contributed by atoms with Gasteiger partial charge in [0.15, 0.2) is 11.5 Å². The zero-order valence-electron chi connectivity index (χ0n) is 13.4. The number of benzene rings is 2. The number of ether oxygens (including phenoxy) is 2. The normalized spacial score (nSPS) is 10.1. The maximum Gasteiger partial charge on any atom is 0.417 e. The Morgan fingerprint density at radius 2 is 1.72 bits per heavy atom. The monoisotopic (exact) mass is 337 g/mol. The molecular weight excluding hydrogens is 322 g/mol. The molecule has 7 heteroatoms. The van der Waals surface area contributed by atoms with Crippen molar-refractivity contribution in [2.75, 3.05) is 12.4 Å². The van der Waals surface area contributed by atoms with E-state index >= 15 is 0 Å². The fourth-order valence-corrected chi connectivity index (χ4v) is 2.18. The number of hydrogen-bond donors (Lipinski definition) is 2. The SMILES string of the molecule is COc1ccccc1OC(=O)Nc1ccc(-c2ccc(=O)[nH]n2)cc1. The van der Waals surface area contributed by atoms with Gasteiger partial charge >= 0.3 is 6.09 Å². The molecule has 1 aromatic heterocycles. The van der Waals surface area contributed by atoms with Crippen LogP contribution >= 0.6 is 0 Å². The summed E-state index contributed by atoms with van der Waals surface area (Å²) in [5.41, 5.74) is 1.73. The number of hydrogen-bond acceptors (Lipinski definition) is 5. The van der Waals surface area contributed by atoms with Gasteiger partial charge in [-0.25, -0.2) is 9.89 Å². The lowest BCUT2D eigenvalue weighted by atomic mass is 10.1. The Hall–Kier alpha value is -3.61. The Bertz CT molecular complexity index is 915. The Balaban J connectivity index is 1.67. The Morgan fingerprint density at radius 1 is 1.00 bits per heavy atom. The number of methoxy groups -OCH3 is 1. The van der Waals surface area contributed by atoms with Crippen LogP contribution in [0.25, 0.3) is 11.3 Å². The fourth-order valence-electron chi connectivity index (χ4n) is 2.18. The van der Waals surface area contributed by atoms with E-state index in [9.17, 15) is 9.59 Å². The van der Waals surface area contributed by atoms with Crippen LogP contribution in [0.15, 0.2) is 65.5 Å². The molecular formula is C18H15N3O4. The van der Waals surface area contributed by atoms with Crippen LogP contribution in [0.4, 0.5) is 10.5 Å². The average molecular weight is 337 g/mol. The first-order chi connectivity index (χ1) is 12.2. The molecule has 2 aromatic carbocycles. The number of H-pyrrole nitrogens is 1. The van der Waals surface area contributed by atoms with Crippen LogP contribution in [0, 0.1) is 0 Å². The number of carbonyl (C=O) groups is 1. The van der Waals surface area contributed by atoms with Gasteiger partial charge in [-0.2, -0.15) is 5.10 Å². The second-order valence-corrected chi connectivity index (χ2v) is 5.05. The second kappa shape index (κ2) is 7.31. The van der Waals surface area contributed by atoms with Gasteiger partial charge in [-0.05, 0) is 30.3 Å². The average Bonchev–Trinajstić information content (AvgIpc) is 2.63. The molecule has 126 valence electrons. The summed E-state index contributed by atoms with van der Waals surface area (Å²) in [4.78, 5) is 23.0. The van der Waals surface area contributed by atoms with E-state index < -0.39 is 6.09 Å². The lowest BCUT2D eigenvalue weighted by molar-refractivity contribution is 0.213.